The molecule has 0 aliphatic carbocycles. The molecule has 148 valence electrons. The Balaban J connectivity index is 1.68. The standard InChI is InChI=1S/C23H22N2O3S/c1-15(2)17-8-9-21(28-14-16-6-4-3-5-7-16)19(10-17)20-13-25-12-18(11-22(26)27)29-23(25)24-20/h3-10,12-13,15H,11,14H2,1-2H3,(H,26,27). The van der Waals surface area contributed by atoms with Gasteiger partial charge in [0.25, 0.3) is 0 Å². The molecule has 0 atom stereocenters. The SMILES string of the molecule is CC(C)c1ccc(OCc2ccccc2)c(-c2cn3cc(CC(=O)O)sc3n2)c1. The van der Waals surface area contributed by atoms with Crippen LogP contribution in [0.4, 0.5) is 0 Å². The fourth-order valence-corrected chi connectivity index (χ4v) is 4.12. The van der Waals surface area contributed by atoms with Crippen LogP contribution in [-0.4, -0.2) is 20.5 Å². The van der Waals surface area contributed by atoms with Gasteiger partial charge in [0, 0.05) is 22.8 Å². The van der Waals surface area contributed by atoms with E-state index in [0.29, 0.717) is 12.5 Å². The summed E-state index contributed by atoms with van der Waals surface area (Å²) in [6.07, 6.45) is 3.78. The first-order chi connectivity index (χ1) is 14.0. The Morgan fingerprint density at radius 1 is 1.17 bits per heavy atom. The van der Waals surface area contributed by atoms with Crippen molar-refractivity contribution in [3.8, 4) is 17.0 Å². The molecule has 0 unspecified atom stereocenters. The Kier molecular flexibility index (Phi) is 5.36. The number of rotatable bonds is 7. The zero-order valence-electron chi connectivity index (χ0n) is 16.3. The molecule has 1 N–H and O–H groups in total. The van der Waals surface area contributed by atoms with Crippen LogP contribution in [0.2, 0.25) is 0 Å². The molecule has 0 fully saturated rings. The van der Waals surface area contributed by atoms with Crippen LogP contribution >= 0.6 is 11.3 Å². The number of benzene rings is 2. The van der Waals surface area contributed by atoms with Crippen LogP contribution in [0.1, 0.15) is 35.8 Å². The summed E-state index contributed by atoms with van der Waals surface area (Å²) < 4.78 is 8.03. The van der Waals surface area contributed by atoms with Crippen LogP contribution in [0, 0.1) is 0 Å². The van der Waals surface area contributed by atoms with Crippen LogP contribution in [0.25, 0.3) is 16.2 Å². The molecule has 0 bridgehead atoms. The molecule has 0 saturated carbocycles. The molecule has 0 saturated heterocycles. The Morgan fingerprint density at radius 3 is 2.66 bits per heavy atom. The third-order valence-corrected chi connectivity index (χ3v) is 5.71. The number of nitrogens with zero attached hydrogens (tertiary/aromatic N) is 2. The van der Waals surface area contributed by atoms with Crippen molar-refractivity contribution >= 4 is 22.3 Å². The molecule has 5 nitrogen and oxygen atoms in total. The summed E-state index contributed by atoms with van der Waals surface area (Å²) in [5, 5.41) is 8.99. The zero-order chi connectivity index (χ0) is 20.4. The average Bonchev–Trinajstić information content (AvgIpc) is 3.25. The molecule has 0 aliphatic rings. The minimum absolute atomic E-state index is 0.0115. The minimum atomic E-state index is -0.837. The zero-order valence-corrected chi connectivity index (χ0v) is 17.1. The molecule has 0 spiro atoms. The van der Waals surface area contributed by atoms with E-state index in [2.05, 4.69) is 26.0 Å². The molecular formula is C23H22N2O3S. The Bertz CT molecular complexity index is 1110. The maximum absolute atomic E-state index is 11.0. The van der Waals surface area contributed by atoms with Gasteiger partial charge in [-0.25, -0.2) is 4.98 Å². The van der Waals surface area contributed by atoms with Crippen molar-refractivity contribution < 1.29 is 14.6 Å². The van der Waals surface area contributed by atoms with E-state index in [0.717, 1.165) is 32.4 Å². The van der Waals surface area contributed by atoms with Crippen LogP contribution in [-0.2, 0) is 17.8 Å². The number of ether oxygens (including phenoxy) is 1. The van der Waals surface area contributed by atoms with E-state index in [9.17, 15) is 4.79 Å². The summed E-state index contributed by atoms with van der Waals surface area (Å²) in [6, 6.07) is 16.3. The summed E-state index contributed by atoms with van der Waals surface area (Å²) in [5.74, 6) is 0.341. The lowest BCUT2D eigenvalue weighted by atomic mass is 9.99. The third kappa shape index (κ3) is 4.32. The maximum atomic E-state index is 11.0. The second-order valence-corrected chi connectivity index (χ2v) is 8.36. The summed E-state index contributed by atoms with van der Waals surface area (Å²) in [7, 11) is 0. The normalized spacial score (nSPS) is 11.3. The van der Waals surface area contributed by atoms with Gasteiger partial charge in [0.05, 0.1) is 12.1 Å². The number of carboxylic acids is 1. The molecule has 4 aromatic rings. The Labute approximate surface area is 173 Å². The van der Waals surface area contributed by atoms with Gasteiger partial charge in [0.15, 0.2) is 4.96 Å². The number of aromatic nitrogens is 2. The molecule has 2 aromatic heterocycles. The number of aliphatic carboxylic acids is 1. The van der Waals surface area contributed by atoms with Crippen molar-refractivity contribution in [1.29, 1.82) is 0 Å². The summed E-state index contributed by atoms with van der Waals surface area (Å²) in [5.41, 5.74) is 4.09. The predicted octanol–water partition coefficient (Wildman–Crippen LogP) is 5.39. The quantitative estimate of drug-likeness (QED) is 0.447. The summed E-state index contributed by atoms with van der Waals surface area (Å²) in [6.45, 7) is 4.81. The molecule has 2 aromatic carbocycles. The van der Waals surface area contributed by atoms with Gasteiger partial charge in [-0.3, -0.25) is 9.20 Å². The monoisotopic (exact) mass is 406 g/mol. The van der Waals surface area contributed by atoms with E-state index < -0.39 is 5.97 Å². The lowest BCUT2D eigenvalue weighted by molar-refractivity contribution is -0.136. The van der Waals surface area contributed by atoms with Crippen molar-refractivity contribution in [2.75, 3.05) is 0 Å². The minimum Gasteiger partial charge on any atom is -0.488 e. The van der Waals surface area contributed by atoms with E-state index >= 15 is 0 Å². The number of thiazole rings is 1. The lowest BCUT2D eigenvalue weighted by Crippen LogP contribution is -1.98. The van der Waals surface area contributed by atoms with Crippen molar-refractivity contribution in [2.24, 2.45) is 0 Å². The highest BCUT2D eigenvalue weighted by Crippen LogP contribution is 2.34. The highest BCUT2D eigenvalue weighted by Gasteiger charge is 2.15. The third-order valence-electron chi connectivity index (χ3n) is 4.71. The highest BCUT2D eigenvalue weighted by molar-refractivity contribution is 7.17. The molecule has 2 heterocycles. The Hall–Kier alpha value is -3.12. The van der Waals surface area contributed by atoms with E-state index in [1.165, 1.54) is 16.9 Å². The number of fused-ring (bicyclic) bond motifs is 1. The lowest BCUT2D eigenvalue weighted by Gasteiger charge is -2.14. The Morgan fingerprint density at radius 2 is 1.97 bits per heavy atom. The van der Waals surface area contributed by atoms with Gasteiger partial charge < -0.3 is 9.84 Å². The van der Waals surface area contributed by atoms with E-state index in [1.54, 1.807) is 0 Å². The molecule has 0 amide bonds. The first-order valence-electron chi connectivity index (χ1n) is 9.50. The molecule has 29 heavy (non-hydrogen) atoms. The number of hydrogen-bond acceptors (Lipinski definition) is 4. The van der Waals surface area contributed by atoms with E-state index in [4.69, 9.17) is 14.8 Å². The van der Waals surface area contributed by atoms with Gasteiger partial charge in [0.1, 0.15) is 12.4 Å². The predicted molar refractivity (Wildman–Crippen MR) is 115 cm³/mol. The van der Waals surface area contributed by atoms with Gasteiger partial charge in [-0.1, -0.05) is 50.2 Å². The number of carboxylic acid groups (broad SMARTS) is 1. The van der Waals surface area contributed by atoms with Crippen molar-refractivity contribution in [1.82, 2.24) is 9.38 Å². The van der Waals surface area contributed by atoms with Gasteiger partial charge >= 0.3 is 5.97 Å². The number of carbonyl (C=O) groups is 1. The smallest absolute Gasteiger partial charge is 0.308 e. The number of hydrogen-bond donors (Lipinski definition) is 1. The van der Waals surface area contributed by atoms with Crippen LogP contribution in [0.3, 0.4) is 0 Å². The first kappa shape index (κ1) is 19.2. The van der Waals surface area contributed by atoms with Crippen molar-refractivity contribution in [2.45, 2.75) is 32.8 Å². The summed E-state index contributed by atoms with van der Waals surface area (Å²) >= 11 is 1.40. The highest BCUT2D eigenvalue weighted by atomic mass is 32.1. The first-order valence-corrected chi connectivity index (χ1v) is 10.3. The van der Waals surface area contributed by atoms with Crippen LogP contribution < -0.4 is 4.74 Å². The molecule has 0 radical (unpaired) electrons. The van der Waals surface area contributed by atoms with E-state index in [-0.39, 0.29) is 6.42 Å². The summed E-state index contributed by atoms with van der Waals surface area (Å²) in [4.78, 5) is 17.2. The van der Waals surface area contributed by atoms with Crippen molar-refractivity contribution in [3.05, 3.63) is 76.9 Å². The molecule has 4 rings (SSSR count). The fourth-order valence-electron chi connectivity index (χ4n) is 3.17. The van der Waals surface area contributed by atoms with Crippen LogP contribution in [0.15, 0.2) is 60.9 Å². The second kappa shape index (κ2) is 8.09. The fraction of sp³-hybridized carbons (Fsp3) is 0.217. The van der Waals surface area contributed by atoms with Gasteiger partial charge in [-0.05, 0) is 29.2 Å². The molecule has 0 aliphatic heterocycles. The number of imidazole rings is 1. The second-order valence-electron chi connectivity index (χ2n) is 7.27. The topological polar surface area (TPSA) is 63.8 Å². The largest absolute Gasteiger partial charge is 0.488 e. The molecule has 6 heteroatoms. The van der Waals surface area contributed by atoms with Crippen LogP contribution in [0.5, 0.6) is 5.75 Å². The maximum Gasteiger partial charge on any atom is 0.308 e. The van der Waals surface area contributed by atoms with E-state index in [1.807, 2.05) is 53.2 Å². The van der Waals surface area contributed by atoms with Gasteiger partial charge in [0.2, 0.25) is 0 Å². The molecular weight excluding hydrogens is 384 g/mol. The average molecular weight is 407 g/mol. The van der Waals surface area contributed by atoms with Crippen molar-refractivity contribution in [3.63, 3.8) is 0 Å². The van der Waals surface area contributed by atoms with Gasteiger partial charge in [-0.15, -0.1) is 11.3 Å². The van der Waals surface area contributed by atoms with Gasteiger partial charge in [-0.2, -0.15) is 0 Å².